The molecule has 0 saturated heterocycles. The van der Waals surface area contributed by atoms with Crippen molar-refractivity contribution in [1.82, 2.24) is 5.32 Å². The molecular formula is C19H18N2O5. The first-order chi connectivity index (χ1) is 12.4. The van der Waals surface area contributed by atoms with Gasteiger partial charge in [0.2, 0.25) is 0 Å². The molecule has 0 saturated carbocycles. The van der Waals surface area contributed by atoms with Gasteiger partial charge >= 0.3 is 6.09 Å². The number of nitro benzene ring substituents is 1. The van der Waals surface area contributed by atoms with Gasteiger partial charge in [-0.1, -0.05) is 48.5 Å². The van der Waals surface area contributed by atoms with E-state index >= 15 is 0 Å². The number of nitrogens with zero attached hydrogens (tertiary/aromatic N) is 1. The Hall–Kier alpha value is -3.48. The van der Waals surface area contributed by atoms with Crippen molar-refractivity contribution in [2.45, 2.75) is 19.6 Å². The first-order valence-corrected chi connectivity index (χ1v) is 7.81. The molecule has 2 aromatic rings. The number of ketones is 1. The molecule has 1 unspecified atom stereocenters. The van der Waals surface area contributed by atoms with Crippen LogP contribution in [0.25, 0.3) is 0 Å². The van der Waals surface area contributed by atoms with E-state index in [2.05, 4.69) is 11.9 Å². The predicted octanol–water partition coefficient (Wildman–Crippen LogP) is 3.63. The Labute approximate surface area is 150 Å². The molecule has 7 heteroatoms. The zero-order valence-electron chi connectivity index (χ0n) is 14.2. The monoisotopic (exact) mass is 354 g/mol. The van der Waals surface area contributed by atoms with Crippen molar-refractivity contribution < 1.29 is 19.2 Å². The second kappa shape index (κ2) is 8.57. The highest BCUT2D eigenvalue weighted by Gasteiger charge is 2.28. The van der Waals surface area contributed by atoms with E-state index in [1.54, 1.807) is 37.3 Å². The fourth-order valence-corrected chi connectivity index (χ4v) is 2.37. The topological polar surface area (TPSA) is 98.5 Å². The number of aryl methyl sites for hydroxylation is 1. The Morgan fingerprint density at radius 3 is 2.58 bits per heavy atom. The van der Waals surface area contributed by atoms with Crippen LogP contribution in [-0.2, 0) is 16.1 Å². The zero-order valence-corrected chi connectivity index (χ0v) is 14.2. The van der Waals surface area contributed by atoms with Gasteiger partial charge in [-0.3, -0.25) is 14.9 Å². The number of nitrogens with one attached hydrogen (secondary N) is 1. The van der Waals surface area contributed by atoms with Gasteiger partial charge in [0.1, 0.15) is 12.6 Å². The standard InChI is InChI=1S/C19H18N2O5/c1-3-17(22)18(15-11-13(2)9-10-16(15)21(24)25)20-19(23)26-12-14-7-5-4-6-8-14/h3-11,18H,1,12H2,2H3,(H,20,23). The van der Waals surface area contributed by atoms with Gasteiger partial charge in [-0.15, -0.1) is 0 Å². The molecule has 7 nitrogen and oxygen atoms in total. The van der Waals surface area contributed by atoms with Crippen LogP contribution < -0.4 is 5.32 Å². The second-order valence-corrected chi connectivity index (χ2v) is 5.56. The Balaban J connectivity index is 2.22. The van der Waals surface area contributed by atoms with Crippen LogP contribution in [0.5, 0.6) is 0 Å². The molecule has 0 aliphatic heterocycles. The second-order valence-electron chi connectivity index (χ2n) is 5.56. The lowest BCUT2D eigenvalue weighted by molar-refractivity contribution is -0.385. The van der Waals surface area contributed by atoms with Gasteiger partial charge in [-0.25, -0.2) is 4.79 Å². The van der Waals surface area contributed by atoms with Crippen molar-refractivity contribution in [3.8, 4) is 0 Å². The largest absolute Gasteiger partial charge is 0.445 e. The number of nitro groups is 1. The molecule has 1 atom stereocenters. The van der Waals surface area contributed by atoms with E-state index in [9.17, 15) is 19.7 Å². The zero-order chi connectivity index (χ0) is 19.1. The maximum absolute atomic E-state index is 12.2. The van der Waals surface area contributed by atoms with Crippen LogP contribution >= 0.6 is 0 Å². The van der Waals surface area contributed by atoms with Crippen LogP contribution in [0.4, 0.5) is 10.5 Å². The summed E-state index contributed by atoms with van der Waals surface area (Å²) in [5.41, 5.74) is 1.30. The number of hydrogen-bond donors (Lipinski definition) is 1. The molecule has 0 spiro atoms. The van der Waals surface area contributed by atoms with Crippen LogP contribution in [0.3, 0.4) is 0 Å². The third-order valence-corrected chi connectivity index (χ3v) is 3.65. The smallest absolute Gasteiger partial charge is 0.408 e. The number of ether oxygens (including phenoxy) is 1. The van der Waals surface area contributed by atoms with E-state index in [4.69, 9.17) is 4.74 Å². The molecule has 26 heavy (non-hydrogen) atoms. The molecule has 2 aromatic carbocycles. The predicted molar refractivity (Wildman–Crippen MR) is 95.5 cm³/mol. The molecule has 0 fully saturated rings. The van der Waals surface area contributed by atoms with Crippen LogP contribution in [0, 0.1) is 17.0 Å². The summed E-state index contributed by atoms with van der Waals surface area (Å²) < 4.78 is 5.10. The summed E-state index contributed by atoms with van der Waals surface area (Å²) in [5.74, 6) is -0.574. The molecule has 2 rings (SSSR count). The number of alkyl carbamates (subject to hydrolysis) is 1. The minimum Gasteiger partial charge on any atom is -0.445 e. The Morgan fingerprint density at radius 2 is 1.96 bits per heavy atom. The van der Waals surface area contributed by atoms with Gasteiger partial charge in [0.25, 0.3) is 5.69 Å². The molecule has 0 aliphatic rings. The number of carbonyl (C=O) groups is 2. The maximum atomic E-state index is 12.2. The van der Waals surface area contributed by atoms with Crippen LogP contribution in [0.15, 0.2) is 61.2 Å². The SMILES string of the molecule is C=CC(=O)C(NC(=O)OCc1ccccc1)c1cc(C)ccc1[N+](=O)[O-]. The van der Waals surface area contributed by atoms with E-state index in [1.165, 1.54) is 12.1 Å². The minimum atomic E-state index is -1.25. The summed E-state index contributed by atoms with van der Waals surface area (Å²) in [6, 6.07) is 12.1. The molecular weight excluding hydrogens is 336 g/mol. The fourth-order valence-electron chi connectivity index (χ4n) is 2.37. The van der Waals surface area contributed by atoms with E-state index in [0.717, 1.165) is 11.6 Å². The van der Waals surface area contributed by atoms with E-state index in [0.29, 0.717) is 5.56 Å². The van der Waals surface area contributed by atoms with Crippen molar-refractivity contribution in [3.05, 3.63) is 88.0 Å². The van der Waals surface area contributed by atoms with Gasteiger partial charge in [0, 0.05) is 6.07 Å². The van der Waals surface area contributed by atoms with Crippen molar-refractivity contribution in [2.75, 3.05) is 0 Å². The van der Waals surface area contributed by atoms with E-state index < -0.39 is 22.8 Å². The van der Waals surface area contributed by atoms with Crippen molar-refractivity contribution >= 4 is 17.6 Å². The van der Waals surface area contributed by atoms with Gasteiger partial charge < -0.3 is 10.1 Å². The molecule has 0 aliphatic carbocycles. The van der Waals surface area contributed by atoms with Crippen LogP contribution in [-0.4, -0.2) is 16.8 Å². The first-order valence-electron chi connectivity index (χ1n) is 7.81. The lowest BCUT2D eigenvalue weighted by Gasteiger charge is -2.17. The number of benzene rings is 2. The molecule has 0 bridgehead atoms. The Bertz CT molecular complexity index is 833. The fraction of sp³-hybridized carbons (Fsp3) is 0.158. The summed E-state index contributed by atoms with van der Waals surface area (Å²) in [6.07, 6.45) is 0.152. The molecule has 0 radical (unpaired) electrons. The summed E-state index contributed by atoms with van der Waals surface area (Å²) in [4.78, 5) is 35.0. The Morgan fingerprint density at radius 1 is 1.27 bits per heavy atom. The molecule has 0 aromatic heterocycles. The molecule has 1 N–H and O–H groups in total. The average molecular weight is 354 g/mol. The van der Waals surface area contributed by atoms with Gasteiger partial charge in [-0.05, 0) is 24.6 Å². The van der Waals surface area contributed by atoms with Crippen molar-refractivity contribution in [2.24, 2.45) is 0 Å². The number of carbonyl (C=O) groups excluding carboxylic acids is 2. The first kappa shape index (κ1) is 18.9. The van der Waals surface area contributed by atoms with Crippen molar-refractivity contribution in [1.29, 1.82) is 0 Å². The highest BCUT2D eigenvalue weighted by molar-refractivity contribution is 5.97. The summed E-state index contributed by atoms with van der Waals surface area (Å²) in [5, 5.41) is 13.7. The number of hydrogen-bond acceptors (Lipinski definition) is 5. The van der Waals surface area contributed by atoms with Gasteiger partial charge in [0.05, 0.1) is 10.5 Å². The molecule has 1 amide bonds. The average Bonchev–Trinajstić information content (AvgIpc) is 2.64. The van der Waals surface area contributed by atoms with Gasteiger partial charge in [0.15, 0.2) is 5.78 Å². The third kappa shape index (κ3) is 4.76. The molecule has 134 valence electrons. The van der Waals surface area contributed by atoms with Crippen molar-refractivity contribution in [3.63, 3.8) is 0 Å². The Kier molecular flexibility index (Phi) is 6.21. The van der Waals surface area contributed by atoms with E-state index in [1.807, 2.05) is 6.07 Å². The quantitative estimate of drug-likeness (QED) is 0.465. The van der Waals surface area contributed by atoms with E-state index in [-0.39, 0.29) is 17.9 Å². The highest BCUT2D eigenvalue weighted by atomic mass is 16.6. The summed E-state index contributed by atoms with van der Waals surface area (Å²) >= 11 is 0. The van der Waals surface area contributed by atoms with Crippen LogP contribution in [0.1, 0.15) is 22.7 Å². The highest BCUT2D eigenvalue weighted by Crippen LogP contribution is 2.27. The normalized spacial score (nSPS) is 11.3. The lowest BCUT2D eigenvalue weighted by atomic mass is 9.99. The summed E-state index contributed by atoms with van der Waals surface area (Å²) in [6.45, 7) is 5.14. The minimum absolute atomic E-state index is 0.0115. The molecule has 0 heterocycles. The maximum Gasteiger partial charge on any atom is 0.408 e. The number of rotatable bonds is 7. The lowest BCUT2D eigenvalue weighted by Crippen LogP contribution is -2.34. The summed E-state index contributed by atoms with van der Waals surface area (Å²) in [7, 11) is 0. The van der Waals surface area contributed by atoms with Gasteiger partial charge in [-0.2, -0.15) is 0 Å². The number of amides is 1. The third-order valence-electron chi connectivity index (χ3n) is 3.65. The van der Waals surface area contributed by atoms with Crippen LogP contribution in [0.2, 0.25) is 0 Å².